The van der Waals surface area contributed by atoms with Crippen molar-refractivity contribution in [3.05, 3.63) is 30.0 Å². The molecule has 0 bridgehead atoms. The summed E-state index contributed by atoms with van der Waals surface area (Å²) in [5, 5.41) is 9.67. The van der Waals surface area contributed by atoms with Gasteiger partial charge in [-0.15, -0.1) is 0 Å². The molecule has 1 aromatic carbocycles. The third kappa shape index (κ3) is 6.70. The lowest BCUT2D eigenvalue weighted by molar-refractivity contribution is -0.133. The molecule has 31 heavy (non-hydrogen) atoms. The van der Waals surface area contributed by atoms with Crippen LogP contribution in [0.15, 0.2) is 24.4 Å². The zero-order valence-electron chi connectivity index (χ0n) is 18.4. The largest absolute Gasteiger partial charge is 0.497 e. The Morgan fingerprint density at radius 3 is 2.55 bits per heavy atom. The summed E-state index contributed by atoms with van der Waals surface area (Å²) in [4.78, 5) is 31.1. The van der Waals surface area contributed by atoms with Crippen LogP contribution in [0.3, 0.4) is 0 Å². The molecule has 0 radical (unpaired) electrons. The Balaban J connectivity index is 1.33. The second-order valence-electron chi connectivity index (χ2n) is 8.15. The van der Waals surface area contributed by atoms with Crippen molar-refractivity contribution in [2.24, 2.45) is 0 Å². The summed E-state index contributed by atoms with van der Waals surface area (Å²) in [5.74, 6) is 0.756. The van der Waals surface area contributed by atoms with Gasteiger partial charge in [0.2, 0.25) is 11.8 Å². The van der Waals surface area contributed by atoms with E-state index in [4.69, 9.17) is 9.94 Å². The molecule has 8 nitrogen and oxygen atoms in total. The average molecular weight is 431 g/mol. The fourth-order valence-electron chi connectivity index (χ4n) is 4.12. The predicted molar refractivity (Wildman–Crippen MR) is 119 cm³/mol. The topological polar surface area (TPSA) is 97.9 Å². The smallest absolute Gasteiger partial charge is 0.243 e. The molecule has 0 spiro atoms. The zero-order chi connectivity index (χ0) is 22.1. The number of nitrogens with one attached hydrogen (secondary N) is 2. The van der Waals surface area contributed by atoms with Gasteiger partial charge in [-0.2, -0.15) is 0 Å². The molecular weight excluding hydrogens is 396 g/mol. The Kier molecular flexibility index (Phi) is 8.73. The first-order valence-corrected chi connectivity index (χ1v) is 11.2. The number of aromatic nitrogens is 1. The van der Waals surface area contributed by atoms with E-state index in [1.54, 1.807) is 12.6 Å². The summed E-state index contributed by atoms with van der Waals surface area (Å²) in [7, 11) is 1.69. The number of H-pyrrole nitrogens is 1. The van der Waals surface area contributed by atoms with Gasteiger partial charge in [-0.05, 0) is 43.0 Å². The lowest BCUT2D eigenvalue weighted by atomic mass is 10.1. The molecule has 0 aliphatic carbocycles. The van der Waals surface area contributed by atoms with Crippen LogP contribution in [0.25, 0.3) is 10.9 Å². The molecule has 0 saturated carbocycles. The van der Waals surface area contributed by atoms with Gasteiger partial charge >= 0.3 is 0 Å². The van der Waals surface area contributed by atoms with Crippen LogP contribution in [0, 0.1) is 0 Å². The summed E-state index contributed by atoms with van der Waals surface area (Å²) in [6.07, 6.45) is 7.37. The molecule has 8 heteroatoms. The van der Waals surface area contributed by atoms with Crippen molar-refractivity contribution in [3.63, 3.8) is 0 Å². The summed E-state index contributed by atoms with van der Waals surface area (Å²) >= 11 is 0. The van der Waals surface area contributed by atoms with Crippen molar-refractivity contribution in [1.82, 2.24) is 20.3 Å². The number of ether oxygens (including phenoxy) is 1. The standard InChI is InChI=1S/C23H34N4O4/c1-31-19-8-9-21-20(16-19)18(17-24-21)10-11-26-12-14-27(15-13-26)23(29)7-5-3-2-4-6-22(28)25-30/h8-9,16-17,24,30H,2-7,10-15H2,1H3,(H,25,28). The quantitative estimate of drug-likeness (QED) is 0.289. The minimum Gasteiger partial charge on any atom is -0.497 e. The molecule has 2 heterocycles. The molecule has 170 valence electrons. The lowest BCUT2D eigenvalue weighted by Gasteiger charge is -2.34. The van der Waals surface area contributed by atoms with E-state index >= 15 is 0 Å². The molecular formula is C23H34N4O4. The molecule has 1 aliphatic rings. The summed E-state index contributed by atoms with van der Waals surface area (Å²) in [6, 6.07) is 6.10. The molecule has 1 saturated heterocycles. The molecule has 0 atom stereocenters. The van der Waals surface area contributed by atoms with Crippen molar-refractivity contribution >= 4 is 22.7 Å². The SMILES string of the molecule is COc1ccc2[nH]cc(CCN3CCN(C(=O)CCCCCCC(=O)NO)CC3)c2c1. The van der Waals surface area contributed by atoms with Gasteiger partial charge in [-0.3, -0.25) is 19.7 Å². The van der Waals surface area contributed by atoms with Crippen LogP contribution in [0.2, 0.25) is 0 Å². The number of piperazine rings is 1. The monoisotopic (exact) mass is 430 g/mol. The number of carbonyl (C=O) groups is 2. The van der Waals surface area contributed by atoms with E-state index in [0.29, 0.717) is 12.8 Å². The fraction of sp³-hybridized carbons (Fsp3) is 0.565. The highest BCUT2D eigenvalue weighted by molar-refractivity contribution is 5.84. The number of methoxy groups -OCH3 is 1. The van der Waals surface area contributed by atoms with Crippen molar-refractivity contribution in [2.75, 3.05) is 39.8 Å². The zero-order valence-corrected chi connectivity index (χ0v) is 18.4. The summed E-state index contributed by atoms with van der Waals surface area (Å²) in [5.41, 5.74) is 4.06. The summed E-state index contributed by atoms with van der Waals surface area (Å²) < 4.78 is 5.35. The van der Waals surface area contributed by atoms with Gasteiger partial charge in [0, 0.05) is 62.7 Å². The first-order chi connectivity index (χ1) is 15.1. The minimum absolute atomic E-state index is 0.233. The molecule has 3 N–H and O–H groups in total. The van der Waals surface area contributed by atoms with Crippen molar-refractivity contribution in [3.8, 4) is 5.75 Å². The van der Waals surface area contributed by atoms with Crippen molar-refractivity contribution in [2.45, 2.75) is 44.9 Å². The number of fused-ring (bicyclic) bond motifs is 1. The minimum atomic E-state index is -0.349. The first-order valence-electron chi connectivity index (χ1n) is 11.2. The Morgan fingerprint density at radius 2 is 1.84 bits per heavy atom. The van der Waals surface area contributed by atoms with Gasteiger partial charge in [-0.1, -0.05) is 12.8 Å². The Labute approximate surface area is 183 Å². The normalized spacial score (nSPS) is 14.7. The van der Waals surface area contributed by atoms with Crippen LogP contribution < -0.4 is 10.2 Å². The second-order valence-corrected chi connectivity index (χ2v) is 8.15. The number of hydrogen-bond acceptors (Lipinski definition) is 5. The van der Waals surface area contributed by atoms with E-state index in [-0.39, 0.29) is 11.8 Å². The molecule has 1 fully saturated rings. The molecule has 1 aliphatic heterocycles. The lowest BCUT2D eigenvalue weighted by Crippen LogP contribution is -2.49. The molecule has 2 aromatic rings. The fourth-order valence-corrected chi connectivity index (χ4v) is 4.12. The molecule has 0 unspecified atom stereocenters. The van der Waals surface area contributed by atoms with Crippen LogP contribution in [0.1, 0.15) is 44.1 Å². The third-order valence-electron chi connectivity index (χ3n) is 6.07. The molecule has 1 aromatic heterocycles. The highest BCUT2D eigenvalue weighted by Gasteiger charge is 2.20. The molecule has 2 amide bonds. The maximum Gasteiger partial charge on any atom is 0.243 e. The first kappa shape index (κ1) is 23.1. The maximum absolute atomic E-state index is 12.4. The number of hydroxylamine groups is 1. The number of hydrogen-bond donors (Lipinski definition) is 3. The number of aromatic amines is 1. The van der Waals surface area contributed by atoms with E-state index in [9.17, 15) is 9.59 Å². The van der Waals surface area contributed by atoms with Gasteiger partial charge in [0.15, 0.2) is 0 Å². The third-order valence-corrected chi connectivity index (χ3v) is 6.07. The van der Waals surface area contributed by atoms with E-state index in [1.807, 2.05) is 17.0 Å². The Morgan fingerprint density at radius 1 is 1.10 bits per heavy atom. The van der Waals surface area contributed by atoms with Crippen LogP contribution in [-0.2, 0) is 16.0 Å². The predicted octanol–water partition coefficient (Wildman–Crippen LogP) is 2.71. The van der Waals surface area contributed by atoms with Crippen LogP contribution in [0.5, 0.6) is 5.75 Å². The van der Waals surface area contributed by atoms with Gasteiger partial charge in [0.25, 0.3) is 0 Å². The van der Waals surface area contributed by atoms with Gasteiger partial charge < -0.3 is 14.6 Å². The highest BCUT2D eigenvalue weighted by atomic mass is 16.5. The van der Waals surface area contributed by atoms with E-state index < -0.39 is 0 Å². The van der Waals surface area contributed by atoms with Gasteiger partial charge in [0.1, 0.15) is 5.75 Å². The average Bonchev–Trinajstić information content (AvgIpc) is 3.21. The number of rotatable bonds is 11. The van der Waals surface area contributed by atoms with Crippen LogP contribution in [-0.4, -0.2) is 71.6 Å². The van der Waals surface area contributed by atoms with Crippen LogP contribution in [0.4, 0.5) is 0 Å². The van der Waals surface area contributed by atoms with Crippen LogP contribution >= 0.6 is 0 Å². The van der Waals surface area contributed by atoms with Crippen molar-refractivity contribution in [1.29, 1.82) is 0 Å². The highest BCUT2D eigenvalue weighted by Crippen LogP contribution is 2.24. The number of unbranched alkanes of at least 4 members (excludes halogenated alkanes) is 3. The van der Waals surface area contributed by atoms with E-state index in [2.05, 4.69) is 22.1 Å². The van der Waals surface area contributed by atoms with Crippen molar-refractivity contribution < 1.29 is 19.5 Å². The number of amides is 2. The number of nitrogens with zero attached hydrogens (tertiary/aromatic N) is 2. The van der Waals surface area contributed by atoms with Gasteiger partial charge in [0.05, 0.1) is 7.11 Å². The van der Waals surface area contributed by atoms with E-state index in [1.165, 1.54) is 10.9 Å². The maximum atomic E-state index is 12.4. The van der Waals surface area contributed by atoms with Gasteiger partial charge in [-0.25, -0.2) is 5.48 Å². The molecule has 3 rings (SSSR count). The number of benzene rings is 1. The second kappa shape index (κ2) is 11.7. The Bertz CT molecular complexity index is 858. The Hall–Kier alpha value is -2.58. The number of carbonyl (C=O) groups excluding carboxylic acids is 2. The summed E-state index contributed by atoms with van der Waals surface area (Å²) in [6.45, 7) is 4.38. The van der Waals surface area contributed by atoms with E-state index in [0.717, 1.165) is 76.1 Å².